The molecule has 3 N–H and O–H groups in total. The molecule has 2 saturated heterocycles. The van der Waals surface area contributed by atoms with Crippen LogP contribution in [0.3, 0.4) is 0 Å². The molecule has 2 heterocycles. The number of carbonyl (C=O) groups excluding carboxylic acids is 1. The minimum Gasteiger partial charge on any atom is -0.356 e. The SMILES string of the molecule is CC1CCN(C2CCCNC(=O)C2)C(CN)C1. The summed E-state index contributed by atoms with van der Waals surface area (Å²) < 4.78 is 0. The molecule has 2 aliphatic rings. The fourth-order valence-corrected chi connectivity index (χ4v) is 3.22. The predicted octanol–water partition coefficient (Wildman–Crippen LogP) is 0.714. The maximum atomic E-state index is 11.6. The summed E-state index contributed by atoms with van der Waals surface area (Å²) in [5.74, 6) is 0.987. The number of amides is 1. The molecule has 0 aromatic carbocycles. The van der Waals surface area contributed by atoms with E-state index >= 15 is 0 Å². The van der Waals surface area contributed by atoms with Crippen LogP contribution in [0.4, 0.5) is 0 Å². The number of piperidine rings is 1. The fourth-order valence-electron chi connectivity index (χ4n) is 3.22. The van der Waals surface area contributed by atoms with E-state index in [1.165, 1.54) is 12.8 Å². The van der Waals surface area contributed by atoms with Crippen LogP contribution in [0.15, 0.2) is 0 Å². The fraction of sp³-hybridized carbons (Fsp3) is 0.923. The van der Waals surface area contributed by atoms with E-state index in [4.69, 9.17) is 5.73 Å². The Bertz CT molecular complexity index is 269. The minimum absolute atomic E-state index is 0.210. The Balaban J connectivity index is 2.00. The van der Waals surface area contributed by atoms with Gasteiger partial charge in [0.15, 0.2) is 0 Å². The molecule has 0 spiro atoms. The van der Waals surface area contributed by atoms with Gasteiger partial charge in [-0.25, -0.2) is 0 Å². The third-order valence-electron chi connectivity index (χ3n) is 4.22. The summed E-state index contributed by atoms with van der Waals surface area (Å²) in [7, 11) is 0. The van der Waals surface area contributed by atoms with Gasteiger partial charge in [-0.15, -0.1) is 0 Å². The first kappa shape index (κ1) is 12.8. The molecule has 0 saturated carbocycles. The van der Waals surface area contributed by atoms with Crippen molar-refractivity contribution in [3.8, 4) is 0 Å². The van der Waals surface area contributed by atoms with Gasteiger partial charge < -0.3 is 11.1 Å². The van der Waals surface area contributed by atoms with Crippen LogP contribution in [0.5, 0.6) is 0 Å². The van der Waals surface area contributed by atoms with Gasteiger partial charge in [-0.05, 0) is 38.1 Å². The van der Waals surface area contributed by atoms with Crippen LogP contribution in [-0.2, 0) is 4.79 Å². The number of hydrogen-bond acceptors (Lipinski definition) is 3. The number of rotatable bonds is 2. The van der Waals surface area contributed by atoms with Gasteiger partial charge in [-0.1, -0.05) is 6.92 Å². The van der Waals surface area contributed by atoms with E-state index in [2.05, 4.69) is 17.1 Å². The lowest BCUT2D eigenvalue weighted by Gasteiger charge is -2.42. The number of hydrogen-bond donors (Lipinski definition) is 2. The molecular formula is C13H25N3O. The topological polar surface area (TPSA) is 58.4 Å². The number of likely N-dealkylation sites (tertiary alicyclic amines) is 1. The normalized spacial score (nSPS) is 36.4. The molecule has 0 radical (unpaired) electrons. The standard InChI is InChI=1S/C13H25N3O/c1-10-4-6-16(12(7-10)9-14)11-3-2-5-15-13(17)8-11/h10-12H,2-9,14H2,1H3,(H,15,17). The van der Waals surface area contributed by atoms with Crippen molar-refractivity contribution < 1.29 is 4.79 Å². The van der Waals surface area contributed by atoms with E-state index in [1.807, 2.05) is 0 Å². The molecule has 3 unspecified atom stereocenters. The van der Waals surface area contributed by atoms with E-state index in [0.29, 0.717) is 18.5 Å². The van der Waals surface area contributed by atoms with Crippen molar-refractivity contribution in [2.24, 2.45) is 11.7 Å². The van der Waals surface area contributed by atoms with Crippen molar-refractivity contribution in [1.29, 1.82) is 0 Å². The number of nitrogens with one attached hydrogen (secondary N) is 1. The van der Waals surface area contributed by atoms with Crippen LogP contribution in [0, 0.1) is 5.92 Å². The first-order valence-corrected chi connectivity index (χ1v) is 6.93. The lowest BCUT2D eigenvalue weighted by Crippen LogP contribution is -2.51. The molecule has 4 nitrogen and oxygen atoms in total. The smallest absolute Gasteiger partial charge is 0.221 e. The highest BCUT2D eigenvalue weighted by Gasteiger charge is 2.32. The van der Waals surface area contributed by atoms with Crippen LogP contribution < -0.4 is 11.1 Å². The Morgan fingerprint density at radius 2 is 2.29 bits per heavy atom. The van der Waals surface area contributed by atoms with Crippen LogP contribution in [0.2, 0.25) is 0 Å². The molecule has 3 atom stereocenters. The molecule has 0 bridgehead atoms. The maximum Gasteiger partial charge on any atom is 0.221 e. The van der Waals surface area contributed by atoms with Crippen molar-refractivity contribution in [3.05, 3.63) is 0 Å². The van der Waals surface area contributed by atoms with Crippen LogP contribution in [0.1, 0.15) is 39.0 Å². The van der Waals surface area contributed by atoms with Gasteiger partial charge in [-0.2, -0.15) is 0 Å². The molecule has 98 valence electrons. The lowest BCUT2D eigenvalue weighted by atomic mass is 9.90. The summed E-state index contributed by atoms with van der Waals surface area (Å²) in [6.07, 6.45) is 5.32. The molecule has 2 rings (SSSR count). The first-order chi connectivity index (χ1) is 8.20. The molecule has 4 heteroatoms. The number of carbonyl (C=O) groups is 1. The summed E-state index contributed by atoms with van der Waals surface area (Å²) in [4.78, 5) is 14.1. The van der Waals surface area contributed by atoms with Gasteiger partial charge in [0.1, 0.15) is 0 Å². The molecular weight excluding hydrogens is 214 g/mol. The molecule has 2 fully saturated rings. The van der Waals surface area contributed by atoms with Gasteiger partial charge >= 0.3 is 0 Å². The summed E-state index contributed by atoms with van der Waals surface area (Å²) >= 11 is 0. The Morgan fingerprint density at radius 3 is 3.06 bits per heavy atom. The maximum absolute atomic E-state index is 11.6. The average molecular weight is 239 g/mol. The van der Waals surface area contributed by atoms with Crippen molar-refractivity contribution in [1.82, 2.24) is 10.2 Å². The first-order valence-electron chi connectivity index (χ1n) is 6.93. The minimum atomic E-state index is 0.210. The average Bonchev–Trinajstić information content (AvgIpc) is 2.53. The Labute approximate surface area is 104 Å². The zero-order valence-corrected chi connectivity index (χ0v) is 10.8. The zero-order chi connectivity index (χ0) is 12.3. The second-order valence-electron chi connectivity index (χ2n) is 5.61. The van der Waals surface area contributed by atoms with E-state index in [1.54, 1.807) is 0 Å². The molecule has 0 aromatic heterocycles. The highest BCUT2D eigenvalue weighted by molar-refractivity contribution is 5.76. The van der Waals surface area contributed by atoms with Crippen LogP contribution >= 0.6 is 0 Å². The summed E-state index contributed by atoms with van der Waals surface area (Å²) in [6, 6.07) is 0.896. The van der Waals surface area contributed by atoms with Crippen LogP contribution in [0.25, 0.3) is 0 Å². The van der Waals surface area contributed by atoms with Gasteiger partial charge in [0, 0.05) is 31.6 Å². The van der Waals surface area contributed by atoms with Gasteiger partial charge in [0.2, 0.25) is 5.91 Å². The van der Waals surface area contributed by atoms with E-state index in [-0.39, 0.29) is 5.91 Å². The zero-order valence-electron chi connectivity index (χ0n) is 10.8. The second kappa shape index (κ2) is 5.83. The third-order valence-corrected chi connectivity index (χ3v) is 4.22. The largest absolute Gasteiger partial charge is 0.356 e. The monoisotopic (exact) mass is 239 g/mol. The third kappa shape index (κ3) is 3.19. The van der Waals surface area contributed by atoms with Crippen molar-refractivity contribution >= 4 is 5.91 Å². The lowest BCUT2D eigenvalue weighted by molar-refractivity contribution is -0.122. The summed E-state index contributed by atoms with van der Waals surface area (Å²) in [5, 5.41) is 2.96. The highest BCUT2D eigenvalue weighted by atomic mass is 16.1. The van der Waals surface area contributed by atoms with E-state index < -0.39 is 0 Å². The van der Waals surface area contributed by atoms with Crippen molar-refractivity contribution in [3.63, 3.8) is 0 Å². The van der Waals surface area contributed by atoms with E-state index in [9.17, 15) is 4.79 Å². The molecule has 17 heavy (non-hydrogen) atoms. The van der Waals surface area contributed by atoms with Gasteiger partial charge in [0.25, 0.3) is 0 Å². The number of nitrogens with zero attached hydrogens (tertiary/aromatic N) is 1. The van der Waals surface area contributed by atoms with Gasteiger partial charge in [-0.3, -0.25) is 9.69 Å². The number of nitrogens with two attached hydrogens (primary N) is 1. The predicted molar refractivity (Wildman–Crippen MR) is 68.6 cm³/mol. The Kier molecular flexibility index (Phi) is 4.40. The Morgan fingerprint density at radius 1 is 1.47 bits per heavy atom. The Hall–Kier alpha value is -0.610. The van der Waals surface area contributed by atoms with Crippen molar-refractivity contribution in [2.75, 3.05) is 19.6 Å². The molecule has 0 aromatic rings. The van der Waals surface area contributed by atoms with Gasteiger partial charge in [0.05, 0.1) is 0 Å². The van der Waals surface area contributed by atoms with Crippen LogP contribution in [-0.4, -0.2) is 42.5 Å². The summed E-state index contributed by atoms with van der Waals surface area (Å²) in [6.45, 7) is 4.98. The summed E-state index contributed by atoms with van der Waals surface area (Å²) in [5.41, 5.74) is 5.89. The second-order valence-corrected chi connectivity index (χ2v) is 5.61. The van der Waals surface area contributed by atoms with E-state index in [0.717, 1.165) is 38.4 Å². The van der Waals surface area contributed by atoms with Crippen molar-refractivity contribution in [2.45, 2.75) is 51.1 Å². The molecule has 1 amide bonds. The molecule has 0 aliphatic carbocycles. The quantitative estimate of drug-likeness (QED) is 0.746. The highest BCUT2D eigenvalue weighted by Crippen LogP contribution is 2.27. The molecule has 2 aliphatic heterocycles.